The average molecular weight is 218 g/mol. The molecule has 1 unspecified atom stereocenters. The highest BCUT2D eigenvalue weighted by Gasteiger charge is 2.29. The minimum atomic E-state index is -0.179. The van der Waals surface area contributed by atoms with Crippen molar-refractivity contribution in [2.75, 3.05) is 14.1 Å². The number of amides is 1. The molecule has 3 heteroatoms. The first-order valence-electron chi connectivity index (χ1n) is 5.70. The number of rotatable bonds is 4. The van der Waals surface area contributed by atoms with Crippen LogP contribution in [0.2, 0.25) is 0 Å². The minimum Gasteiger partial charge on any atom is -0.352 e. The number of hydrogen-bond acceptors (Lipinski definition) is 2. The van der Waals surface area contributed by atoms with E-state index < -0.39 is 0 Å². The Morgan fingerprint density at radius 1 is 1.31 bits per heavy atom. The van der Waals surface area contributed by atoms with Gasteiger partial charge >= 0.3 is 0 Å². The van der Waals surface area contributed by atoms with E-state index in [9.17, 15) is 4.79 Å². The Morgan fingerprint density at radius 3 is 2.44 bits per heavy atom. The number of nitrogens with one attached hydrogen (secondary N) is 1. The Bertz CT molecular complexity index is 357. The molecule has 0 aliphatic heterocycles. The van der Waals surface area contributed by atoms with Gasteiger partial charge in [-0.1, -0.05) is 30.3 Å². The average Bonchev–Trinajstić information content (AvgIpc) is 3.03. The third-order valence-corrected chi connectivity index (χ3v) is 2.80. The summed E-state index contributed by atoms with van der Waals surface area (Å²) >= 11 is 0. The molecule has 1 aromatic rings. The Morgan fingerprint density at radius 2 is 1.94 bits per heavy atom. The quantitative estimate of drug-likeness (QED) is 0.832. The van der Waals surface area contributed by atoms with Crippen LogP contribution in [-0.2, 0) is 4.79 Å². The Labute approximate surface area is 96.5 Å². The van der Waals surface area contributed by atoms with Crippen LogP contribution in [0.5, 0.6) is 0 Å². The van der Waals surface area contributed by atoms with Crippen LogP contribution in [0.15, 0.2) is 30.3 Å². The van der Waals surface area contributed by atoms with Crippen molar-refractivity contribution in [2.45, 2.75) is 24.9 Å². The van der Waals surface area contributed by atoms with Gasteiger partial charge in [0.2, 0.25) is 5.91 Å². The van der Waals surface area contributed by atoms with Gasteiger partial charge in [-0.05, 0) is 32.5 Å². The molecular formula is C13H18N2O. The maximum Gasteiger partial charge on any atom is 0.242 e. The van der Waals surface area contributed by atoms with Crippen LogP contribution in [0.3, 0.4) is 0 Å². The van der Waals surface area contributed by atoms with E-state index in [4.69, 9.17) is 0 Å². The zero-order valence-electron chi connectivity index (χ0n) is 9.81. The molecule has 1 aromatic carbocycles. The molecule has 86 valence electrons. The predicted octanol–water partition coefficient (Wildman–Crippen LogP) is 1.57. The van der Waals surface area contributed by atoms with Crippen molar-refractivity contribution < 1.29 is 4.79 Å². The second-order valence-electron chi connectivity index (χ2n) is 4.56. The fraction of sp³-hybridized carbons (Fsp3) is 0.462. The van der Waals surface area contributed by atoms with Gasteiger partial charge in [0.15, 0.2) is 0 Å². The van der Waals surface area contributed by atoms with E-state index in [-0.39, 0.29) is 11.9 Å². The van der Waals surface area contributed by atoms with E-state index >= 15 is 0 Å². The van der Waals surface area contributed by atoms with Crippen LogP contribution < -0.4 is 5.32 Å². The van der Waals surface area contributed by atoms with Crippen LogP contribution in [0, 0.1) is 0 Å². The highest BCUT2D eigenvalue weighted by Crippen LogP contribution is 2.23. The molecule has 1 N–H and O–H groups in total. The summed E-state index contributed by atoms with van der Waals surface area (Å²) in [4.78, 5) is 14.0. The molecule has 3 nitrogen and oxygen atoms in total. The number of carbonyl (C=O) groups is 1. The van der Waals surface area contributed by atoms with E-state index in [1.807, 2.05) is 49.3 Å². The summed E-state index contributed by atoms with van der Waals surface area (Å²) in [7, 11) is 3.87. The fourth-order valence-corrected chi connectivity index (χ4v) is 1.83. The summed E-state index contributed by atoms with van der Waals surface area (Å²) in [6.07, 6.45) is 2.25. The van der Waals surface area contributed by atoms with Gasteiger partial charge in [-0.3, -0.25) is 9.69 Å². The van der Waals surface area contributed by atoms with Gasteiger partial charge in [0.1, 0.15) is 6.04 Å². The second kappa shape index (κ2) is 4.66. The van der Waals surface area contributed by atoms with Crippen LogP contribution in [0.4, 0.5) is 0 Å². The highest BCUT2D eigenvalue weighted by molar-refractivity contribution is 5.83. The molecule has 2 rings (SSSR count). The molecule has 0 aromatic heterocycles. The first kappa shape index (κ1) is 11.1. The number of likely N-dealkylation sites (N-methyl/N-ethyl adjacent to an activating group) is 1. The first-order chi connectivity index (χ1) is 7.68. The van der Waals surface area contributed by atoms with Crippen LogP contribution in [0.25, 0.3) is 0 Å². The summed E-state index contributed by atoms with van der Waals surface area (Å²) in [5, 5.41) is 3.05. The molecular weight excluding hydrogens is 200 g/mol. The molecule has 0 bridgehead atoms. The maximum absolute atomic E-state index is 12.1. The molecule has 0 spiro atoms. The standard InChI is InChI=1S/C13H18N2O/c1-15(2)12(10-6-4-3-5-7-10)13(16)14-11-8-9-11/h3-7,11-12H,8-9H2,1-2H3,(H,14,16). The number of benzene rings is 1. The lowest BCUT2D eigenvalue weighted by Crippen LogP contribution is -2.38. The summed E-state index contributed by atoms with van der Waals surface area (Å²) in [6, 6.07) is 10.1. The van der Waals surface area contributed by atoms with Crippen molar-refractivity contribution in [3.05, 3.63) is 35.9 Å². The van der Waals surface area contributed by atoms with Crippen molar-refractivity contribution in [1.82, 2.24) is 10.2 Å². The molecule has 0 radical (unpaired) electrons. The predicted molar refractivity (Wildman–Crippen MR) is 64.0 cm³/mol. The van der Waals surface area contributed by atoms with Gasteiger partial charge < -0.3 is 5.32 Å². The van der Waals surface area contributed by atoms with Crippen molar-refractivity contribution in [1.29, 1.82) is 0 Å². The van der Waals surface area contributed by atoms with E-state index in [0.717, 1.165) is 18.4 Å². The zero-order valence-corrected chi connectivity index (χ0v) is 9.81. The van der Waals surface area contributed by atoms with Crippen molar-refractivity contribution >= 4 is 5.91 Å². The summed E-state index contributed by atoms with van der Waals surface area (Å²) in [5.74, 6) is 0.110. The maximum atomic E-state index is 12.1. The van der Waals surface area contributed by atoms with Crippen LogP contribution in [0.1, 0.15) is 24.4 Å². The van der Waals surface area contributed by atoms with Gasteiger partial charge in [0.05, 0.1) is 0 Å². The highest BCUT2D eigenvalue weighted by atomic mass is 16.2. The van der Waals surface area contributed by atoms with E-state index in [0.29, 0.717) is 6.04 Å². The molecule has 0 saturated heterocycles. The zero-order chi connectivity index (χ0) is 11.5. The van der Waals surface area contributed by atoms with Crippen LogP contribution in [-0.4, -0.2) is 30.9 Å². The smallest absolute Gasteiger partial charge is 0.242 e. The van der Waals surface area contributed by atoms with Crippen molar-refractivity contribution in [3.63, 3.8) is 0 Å². The Kier molecular flexibility index (Phi) is 3.25. The monoisotopic (exact) mass is 218 g/mol. The molecule has 1 aliphatic carbocycles. The molecule has 1 amide bonds. The first-order valence-corrected chi connectivity index (χ1v) is 5.70. The van der Waals surface area contributed by atoms with Gasteiger partial charge in [-0.25, -0.2) is 0 Å². The van der Waals surface area contributed by atoms with Crippen molar-refractivity contribution in [2.24, 2.45) is 0 Å². The number of nitrogens with zero attached hydrogens (tertiary/aromatic N) is 1. The van der Waals surface area contributed by atoms with Gasteiger partial charge in [0.25, 0.3) is 0 Å². The van der Waals surface area contributed by atoms with E-state index in [1.54, 1.807) is 0 Å². The van der Waals surface area contributed by atoms with Gasteiger partial charge in [0, 0.05) is 6.04 Å². The summed E-state index contributed by atoms with van der Waals surface area (Å²) < 4.78 is 0. The number of hydrogen-bond donors (Lipinski definition) is 1. The normalized spacial score (nSPS) is 17.2. The number of carbonyl (C=O) groups excluding carboxylic acids is 1. The molecule has 1 saturated carbocycles. The topological polar surface area (TPSA) is 32.3 Å². The Balaban J connectivity index is 2.12. The molecule has 1 fully saturated rings. The second-order valence-corrected chi connectivity index (χ2v) is 4.56. The lowest BCUT2D eigenvalue weighted by Gasteiger charge is -2.23. The minimum absolute atomic E-state index is 0.110. The van der Waals surface area contributed by atoms with Gasteiger partial charge in [-0.15, -0.1) is 0 Å². The summed E-state index contributed by atoms with van der Waals surface area (Å²) in [5.41, 5.74) is 1.05. The lowest BCUT2D eigenvalue weighted by molar-refractivity contribution is -0.125. The fourth-order valence-electron chi connectivity index (χ4n) is 1.83. The third kappa shape index (κ3) is 2.61. The largest absolute Gasteiger partial charge is 0.352 e. The SMILES string of the molecule is CN(C)C(C(=O)NC1CC1)c1ccccc1. The molecule has 16 heavy (non-hydrogen) atoms. The molecule has 1 atom stereocenters. The van der Waals surface area contributed by atoms with Gasteiger partial charge in [-0.2, -0.15) is 0 Å². The van der Waals surface area contributed by atoms with Crippen molar-refractivity contribution in [3.8, 4) is 0 Å². The lowest BCUT2D eigenvalue weighted by atomic mass is 10.1. The summed E-state index contributed by atoms with van der Waals surface area (Å²) in [6.45, 7) is 0. The third-order valence-electron chi connectivity index (χ3n) is 2.80. The Hall–Kier alpha value is -1.35. The molecule has 1 aliphatic rings. The van der Waals surface area contributed by atoms with E-state index in [2.05, 4.69) is 5.32 Å². The van der Waals surface area contributed by atoms with E-state index in [1.165, 1.54) is 0 Å². The van der Waals surface area contributed by atoms with Crippen LogP contribution >= 0.6 is 0 Å². The molecule has 0 heterocycles.